The van der Waals surface area contributed by atoms with Crippen molar-refractivity contribution in [2.24, 2.45) is 0 Å². The van der Waals surface area contributed by atoms with Crippen LogP contribution in [0.2, 0.25) is 0 Å². The van der Waals surface area contributed by atoms with Crippen molar-refractivity contribution in [3.8, 4) is 0 Å². The summed E-state index contributed by atoms with van der Waals surface area (Å²) in [5.41, 5.74) is 2.99. The quantitative estimate of drug-likeness (QED) is 0.178. The molecule has 40 heavy (non-hydrogen) atoms. The number of nitrogens with zero attached hydrogens (tertiary/aromatic N) is 5. The third kappa shape index (κ3) is 4.89. The molecule has 0 amide bonds. The van der Waals surface area contributed by atoms with Gasteiger partial charge in [-0.05, 0) is 11.1 Å². The van der Waals surface area contributed by atoms with E-state index in [1.54, 1.807) is 4.90 Å². The van der Waals surface area contributed by atoms with Crippen LogP contribution in [0.15, 0.2) is 67.0 Å². The molecule has 2 aliphatic heterocycles. The van der Waals surface area contributed by atoms with Crippen LogP contribution in [0.3, 0.4) is 0 Å². The first kappa shape index (κ1) is 26.6. The molecule has 0 saturated carbocycles. The summed E-state index contributed by atoms with van der Waals surface area (Å²) in [5.74, 6) is 0.683. The van der Waals surface area contributed by atoms with E-state index < -0.39 is 43.4 Å². The van der Waals surface area contributed by atoms with Gasteiger partial charge in [0, 0.05) is 25.6 Å². The van der Waals surface area contributed by atoms with Crippen LogP contribution >= 0.6 is 0 Å². The number of aliphatic hydroxyl groups is 5. The third-order valence-electron chi connectivity index (χ3n) is 7.62. The van der Waals surface area contributed by atoms with Crippen molar-refractivity contribution >= 4 is 22.9 Å². The van der Waals surface area contributed by atoms with Crippen LogP contribution in [-0.4, -0.2) is 102 Å². The highest BCUT2D eigenvalue weighted by Crippen LogP contribution is 2.34. The molecular weight excluding hydrogens is 516 g/mol. The molecule has 0 bridgehead atoms. The zero-order chi connectivity index (χ0) is 27.8. The van der Waals surface area contributed by atoms with Crippen molar-refractivity contribution in [1.82, 2.24) is 19.5 Å². The normalized spacial score (nSPS) is 26.7. The van der Waals surface area contributed by atoms with Crippen LogP contribution in [0.4, 0.5) is 11.8 Å². The van der Waals surface area contributed by atoms with Gasteiger partial charge in [-0.1, -0.05) is 60.7 Å². The number of hydrogen-bond acceptors (Lipinski definition) is 11. The maximum atomic E-state index is 10.7. The zero-order valence-electron chi connectivity index (χ0n) is 21.6. The monoisotopic (exact) mass is 548 g/mol. The van der Waals surface area contributed by atoms with Crippen molar-refractivity contribution in [1.29, 1.82) is 0 Å². The van der Waals surface area contributed by atoms with Crippen molar-refractivity contribution < 1.29 is 30.3 Å². The van der Waals surface area contributed by atoms with E-state index in [9.17, 15) is 25.5 Å². The SMILES string of the molecule is OC[C@H]1O[C@@H](n2cnc3c(NCC(c4ccccc4)c4ccccc4)nc(N4C[C@H](O)[C@@H](O)C4)nc32)[C@H](O)[C@@H]1O. The van der Waals surface area contributed by atoms with Gasteiger partial charge in [-0.25, -0.2) is 4.98 Å². The maximum absolute atomic E-state index is 10.7. The summed E-state index contributed by atoms with van der Waals surface area (Å²) in [6, 6.07) is 20.2. The Bertz CT molecular complexity index is 1390. The van der Waals surface area contributed by atoms with Crippen molar-refractivity contribution in [3.63, 3.8) is 0 Å². The van der Waals surface area contributed by atoms with E-state index >= 15 is 0 Å². The second-order valence-electron chi connectivity index (χ2n) is 10.2. The molecule has 0 radical (unpaired) electrons. The van der Waals surface area contributed by atoms with Crippen LogP contribution < -0.4 is 10.2 Å². The summed E-state index contributed by atoms with van der Waals surface area (Å²) in [6.45, 7) is 0.305. The number of fused-ring (bicyclic) bond motifs is 1. The Morgan fingerprint density at radius 3 is 2.08 bits per heavy atom. The number of aromatic nitrogens is 4. The summed E-state index contributed by atoms with van der Waals surface area (Å²) >= 11 is 0. The molecule has 6 rings (SSSR count). The average Bonchev–Trinajstić information content (AvgIpc) is 3.64. The molecule has 2 aromatic heterocycles. The molecule has 4 aromatic rings. The number of anilines is 2. The van der Waals surface area contributed by atoms with Gasteiger partial charge in [0.15, 0.2) is 23.2 Å². The fraction of sp³-hybridized carbons (Fsp3) is 0.393. The van der Waals surface area contributed by atoms with Crippen molar-refractivity contribution in [2.75, 3.05) is 36.5 Å². The van der Waals surface area contributed by atoms with Crippen LogP contribution in [-0.2, 0) is 4.74 Å². The van der Waals surface area contributed by atoms with Gasteiger partial charge in [0.25, 0.3) is 0 Å². The molecule has 4 heterocycles. The average molecular weight is 549 g/mol. The van der Waals surface area contributed by atoms with Crippen LogP contribution in [0.25, 0.3) is 11.2 Å². The molecule has 6 N–H and O–H groups in total. The lowest BCUT2D eigenvalue weighted by molar-refractivity contribution is -0.0511. The van der Waals surface area contributed by atoms with Gasteiger partial charge in [-0.2, -0.15) is 9.97 Å². The van der Waals surface area contributed by atoms with Gasteiger partial charge in [-0.15, -0.1) is 0 Å². The molecule has 2 aliphatic rings. The lowest BCUT2D eigenvalue weighted by atomic mass is 9.91. The molecule has 12 nitrogen and oxygen atoms in total. The number of ether oxygens (including phenoxy) is 1. The Morgan fingerprint density at radius 2 is 1.50 bits per heavy atom. The predicted molar refractivity (Wildman–Crippen MR) is 146 cm³/mol. The Hall–Kier alpha value is -3.65. The van der Waals surface area contributed by atoms with E-state index in [1.807, 2.05) is 36.4 Å². The summed E-state index contributed by atoms with van der Waals surface area (Å²) < 4.78 is 7.24. The van der Waals surface area contributed by atoms with Gasteiger partial charge >= 0.3 is 0 Å². The number of benzene rings is 2. The molecule has 2 saturated heterocycles. The van der Waals surface area contributed by atoms with Crippen molar-refractivity contribution in [3.05, 3.63) is 78.1 Å². The van der Waals surface area contributed by atoms with Crippen molar-refractivity contribution in [2.45, 2.75) is 42.7 Å². The summed E-state index contributed by atoms with van der Waals surface area (Å²) in [7, 11) is 0. The third-order valence-corrected chi connectivity index (χ3v) is 7.62. The van der Waals surface area contributed by atoms with E-state index in [0.717, 1.165) is 11.1 Å². The minimum absolute atomic E-state index is 0.00571. The predicted octanol–water partition coefficient (Wildman–Crippen LogP) is 0.224. The first-order valence-electron chi connectivity index (χ1n) is 13.3. The zero-order valence-corrected chi connectivity index (χ0v) is 21.6. The van der Waals surface area contributed by atoms with Crippen LogP contribution in [0.5, 0.6) is 0 Å². The fourth-order valence-corrected chi connectivity index (χ4v) is 5.40. The first-order chi connectivity index (χ1) is 19.4. The van der Waals surface area contributed by atoms with E-state index in [-0.39, 0.29) is 25.0 Å². The van der Waals surface area contributed by atoms with Gasteiger partial charge in [0.05, 0.1) is 25.1 Å². The standard InChI is InChI=1S/C28H32N6O6/c35-14-21-23(38)24(39)27(40-21)34-15-30-22-25(31-28(32-26(22)34)33-12-19(36)20(37)13-33)29-11-18(16-7-3-1-4-8-16)17-9-5-2-6-10-17/h1-10,15,18-21,23-24,27,35-39H,11-14H2,(H,29,31,32)/t19-,20-,21+,23+,24+,27+/m0/s1. The Kier molecular flexibility index (Phi) is 7.36. The molecule has 0 spiro atoms. The molecule has 6 atom stereocenters. The molecule has 2 aromatic carbocycles. The second-order valence-corrected chi connectivity index (χ2v) is 10.2. The molecular formula is C28H32N6O6. The summed E-state index contributed by atoms with van der Waals surface area (Å²) in [5, 5.41) is 54.3. The van der Waals surface area contributed by atoms with E-state index in [0.29, 0.717) is 23.5 Å². The van der Waals surface area contributed by atoms with Gasteiger partial charge in [0.1, 0.15) is 18.3 Å². The number of imidazole rings is 1. The number of hydrogen-bond donors (Lipinski definition) is 6. The van der Waals surface area contributed by atoms with E-state index in [2.05, 4.69) is 39.6 Å². The molecule has 0 unspecified atom stereocenters. The minimum atomic E-state index is -1.32. The smallest absolute Gasteiger partial charge is 0.229 e. The highest BCUT2D eigenvalue weighted by molar-refractivity contribution is 5.84. The molecule has 0 aliphatic carbocycles. The van der Waals surface area contributed by atoms with Gasteiger partial charge in [0.2, 0.25) is 5.95 Å². The number of nitrogens with one attached hydrogen (secondary N) is 1. The van der Waals surface area contributed by atoms with Gasteiger partial charge < -0.3 is 40.5 Å². The number of aliphatic hydroxyl groups excluding tert-OH is 5. The van der Waals surface area contributed by atoms with Crippen LogP contribution in [0, 0.1) is 0 Å². The molecule has 12 heteroatoms. The minimum Gasteiger partial charge on any atom is -0.394 e. The van der Waals surface area contributed by atoms with Gasteiger partial charge in [-0.3, -0.25) is 4.57 Å². The highest BCUT2D eigenvalue weighted by atomic mass is 16.6. The van der Waals surface area contributed by atoms with Crippen LogP contribution in [0.1, 0.15) is 23.3 Å². The lowest BCUT2D eigenvalue weighted by Crippen LogP contribution is -2.33. The van der Waals surface area contributed by atoms with E-state index in [1.165, 1.54) is 10.9 Å². The summed E-state index contributed by atoms with van der Waals surface area (Å²) in [4.78, 5) is 15.6. The topological polar surface area (TPSA) is 169 Å². The lowest BCUT2D eigenvalue weighted by Gasteiger charge is -2.21. The number of β-amino-alcohol motifs (C(OH)–C–C–N with tert-alkyl or cyclic N) is 2. The maximum Gasteiger partial charge on any atom is 0.229 e. The first-order valence-corrected chi connectivity index (χ1v) is 13.3. The molecule has 210 valence electrons. The van der Waals surface area contributed by atoms with E-state index in [4.69, 9.17) is 9.72 Å². The molecule has 2 fully saturated rings. The number of rotatable bonds is 8. The summed E-state index contributed by atoms with van der Waals surface area (Å²) in [6.07, 6.45) is -5.04. The Labute approximate surface area is 230 Å². The Balaban J connectivity index is 1.39. The Morgan fingerprint density at radius 1 is 0.875 bits per heavy atom. The second kappa shape index (κ2) is 11.1. The fourth-order valence-electron chi connectivity index (χ4n) is 5.40. The highest BCUT2D eigenvalue weighted by Gasteiger charge is 2.44. The largest absolute Gasteiger partial charge is 0.394 e.